The Morgan fingerprint density at radius 3 is 2.52 bits per heavy atom. The maximum atomic E-state index is 12.6. The van der Waals surface area contributed by atoms with Gasteiger partial charge in [-0.3, -0.25) is 19.3 Å². The molecule has 1 aromatic carbocycles. The van der Waals surface area contributed by atoms with Gasteiger partial charge in [0, 0.05) is 39.1 Å². The molecule has 0 atom stereocenters. The monoisotopic (exact) mass is 396 g/mol. The number of benzene rings is 1. The van der Waals surface area contributed by atoms with Gasteiger partial charge in [0.15, 0.2) is 0 Å². The van der Waals surface area contributed by atoms with Crippen LogP contribution in [0.25, 0.3) is 0 Å². The van der Waals surface area contributed by atoms with Crippen molar-refractivity contribution in [2.24, 2.45) is 0 Å². The summed E-state index contributed by atoms with van der Waals surface area (Å²) in [4.78, 5) is 42.5. The molecule has 2 saturated heterocycles. The van der Waals surface area contributed by atoms with Crippen molar-refractivity contribution in [3.63, 3.8) is 0 Å². The molecule has 152 valence electrons. The maximum Gasteiger partial charge on any atom is 0.257 e. The second kappa shape index (κ2) is 8.48. The SMILES string of the molecule is O=C(CN1CCN(C(=O)c2ccoc2)CC1)Nc1ccccc1N1CCCC1=O. The molecule has 1 aromatic heterocycles. The molecule has 29 heavy (non-hydrogen) atoms. The highest BCUT2D eigenvalue weighted by Crippen LogP contribution is 2.29. The van der Waals surface area contributed by atoms with Crippen molar-refractivity contribution in [3.8, 4) is 0 Å². The van der Waals surface area contributed by atoms with Gasteiger partial charge in [0.05, 0.1) is 29.7 Å². The van der Waals surface area contributed by atoms with Crippen molar-refractivity contribution in [2.75, 3.05) is 49.5 Å². The van der Waals surface area contributed by atoms with E-state index in [0.29, 0.717) is 50.4 Å². The Bertz CT molecular complexity index is 888. The molecule has 0 spiro atoms. The fourth-order valence-electron chi connectivity index (χ4n) is 3.79. The number of hydrogen-bond acceptors (Lipinski definition) is 5. The Labute approximate surface area is 169 Å². The third-order valence-corrected chi connectivity index (χ3v) is 5.34. The van der Waals surface area contributed by atoms with E-state index in [-0.39, 0.29) is 24.3 Å². The zero-order chi connectivity index (χ0) is 20.2. The van der Waals surface area contributed by atoms with E-state index in [0.717, 1.165) is 12.1 Å². The number of rotatable bonds is 5. The van der Waals surface area contributed by atoms with E-state index in [1.54, 1.807) is 15.9 Å². The molecule has 2 fully saturated rings. The van der Waals surface area contributed by atoms with E-state index in [1.807, 2.05) is 29.2 Å². The predicted octanol–water partition coefficient (Wildman–Crippen LogP) is 1.80. The smallest absolute Gasteiger partial charge is 0.257 e. The minimum atomic E-state index is -0.126. The lowest BCUT2D eigenvalue weighted by molar-refractivity contribution is -0.118. The Morgan fingerprint density at radius 1 is 1.03 bits per heavy atom. The summed E-state index contributed by atoms with van der Waals surface area (Å²) in [5.41, 5.74) is 1.95. The van der Waals surface area contributed by atoms with Crippen LogP contribution in [0.3, 0.4) is 0 Å². The molecule has 4 rings (SSSR count). The zero-order valence-corrected chi connectivity index (χ0v) is 16.2. The summed E-state index contributed by atoms with van der Waals surface area (Å²) in [6.07, 6.45) is 4.32. The van der Waals surface area contributed by atoms with Gasteiger partial charge >= 0.3 is 0 Å². The summed E-state index contributed by atoms with van der Waals surface area (Å²) in [7, 11) is 0. The second-order valence-electron chi connectivity index (χ2n) is 7.29. The summed E-state index contributed by atoms with van der Waals surface area (Å²) in [5, 5.41) is 2.94. The minimum absolute atomic E-state index is 0.0490. The van der Waals surface area contributed by atoms with E-state index in [4.69, 9.17) is 4.42 Å². The molecular weight excluding hydrogens is 372 g/mol. The van der Waals surface area contributed by atoms with Crippen LogP contribution in [0.15, 0.2) is 47.3 Å². The molecule has 3 amide bonds. The Balaban J connectivity index is 1.31. The average Bonchev–Trinajstić information content (AvgIpc) is 3.40. The predicted molar refractivity (Wildman–Crippen MR) is 108 cm³/mol. The van der Waals surface area contributed by atoms with Crippen LogP contribution in [-0.2, 0) is 9.59 Å². The molecular formula is C21H24N4O4. The summed E-state index contributed by atoms with van der Waals surface area (Å²) >= 11 is 0. The summed E-state index contributed by atoms with van der Waals surface area (Å²) < 4.78 is 4.97. The van der Waals surface area contributed by atoms with Crippen LogP contribution < -0.4 is 10.2 Å². The summed E-state index contributed by atoms with van der Waals surface area (Å²) in [6.45, 7) is 3.31. The number of anilines is 2. The summed E-state index contributed by atoms with van der Waals surface area (Å²) in [6, 6.07) is 9.05. The van der Waals surface area contributed by atoms with E-state index in [2.05, 4.69) is 5.32 Å². The van der Waals surface area contributed by atoms with Crippen LogP contribution in [0.5, 0.6) is 0 Å². The van der Waals surface area contributed by atoms with Crippen molar-refractivity contribution in [3.05, 3.63) is 48.4 Å². The van der Waals surface area contributed by atoms with Gasteiger partial charge < -0.3 is 19.5 Å². The topological polar surface area (TPSA) is 86.1 Å². The first-order valence-electron chi connectivity index (χ1n) is 9.85. The second-order valence-corrected chi connectivity index (χ2v) is 7.29. The van der Waals surface area contributed by atoms with Crippen molar-refractivity contribution in [1.82, 2.24) is 9.80 Å². The molecule has 8 nitrogen and oxygen atoms in total. The molecule has 1 N–H and O–H groups in total. The third kappa shape index (κ3) is 4.32. The molecule has 0 aliphatic carbocycles. The van der Waals surface area contributed by atoms with Gasteiger partial charge in [0.1, 0.15) is 6.26 Å². The van der Waals surface area contributed by atoms with Crippen LogP contribution >= 0.6 is 0 Å². The Morgan fingerprint density at radius 2 is 1.83 bits per heavy atom. The standard InChI is InChI=1S/C21H24N4O4/c26-19(22-17-4-1-2-5-18(17)25-8-3-6-20(25)27)14-23-9-11-24(12-10-23)21(28)16-7-13-29-15-16/h1-2,4-5,7,13,15H,3,6,8-12,14H2,(H,22,26). The average molecular weight is 396 g/mol. The molecule has 0 saturated carbocycles. The van der Waals surface area contributed by atoms with Gasteiger partial charge in [0.2, 0.25) is 11.8 Å². The first kappa shape index (κ1) is 19.2. The maximum absolute atomic E-state index is 12.6. The molecule has 0 radical (unpaired) electrons. The fourth-order valence-corrected chi connectivity index (χ4v) is 3.79. The highest BCUT2D eigenvalue weighted by Gasteiger charge is 2.26. The van der Waals surface area contributed by atoms with Crippen LogP contribution in [-0.4, -0.2) is 66.8 Å². The van der Waals surface area contributed by atoms with Crippen molar-refractivity contribution >= 4 is 29.1 Å². The van der Waals surface area contributed by atoms with Crippen molar-refractivity contribution < 1.29 is 18.8 Å². The highest BCUT2D eigenvalue weighted by atomic mass is 16.3. The van der Waals surface area contributed by atoms with E-state index in [1.165, 1.54) is 12.5 Å². The lowest BCUT2D eigenvalue weighted by Gasteiger charge is -2.34. The van der Waals surface area contributed by atoms with Crippen LogP contribution in [0.2, 0.25) is 0 Å². The van der Waals surface area contributed by atoms with E-state index >= 15 is 0 Å². The van der Waals surface area contributed by atoms with E-state index in [9.17, 15) is 14.4 Å². The number of nitrogens with zero attached hydrogens (tertiary/aromatic N) is 3. The lowest BCUT2D eigenvalue weighted by Crippen LogP contribution is -2.50. The quantitative estimate of drug-likeness (QED) is 0.833. The fraction of sp³-hybridized carbons (Fsp3) is 0.381. The molecule has 2 aromatic rings. The molecule has 3 heterocycles. The van der Waals surface area contributed by atoms with E-state index < -0.39 is 0 Å². The van der Waals surface area contributed by atoms with Gasteiger partial charge in [0.25, 0.3) is 5.91 Å². The first-order valence-corrected chi connectivity index (χ1v) is 9.85. The number of amides is 3. The van der Waals surface area contributed by atoms with Gasteiger partial charge in [-0.25, -0.2) is 0 Å². The zero-order valence-electron chi connectivity index (χ0n) is 16.2. The number of hydrogen-bond donors (Lipinski definition) is 1. The van der Waals surface area contributed by atoms with Crippen LogP contribution in [0.1, 0.15) is 23.2 Å². The van der Waals surface area contributed by atoms with Gasteiger partial charge in [-0.1, -0.05) is 12.1 Å². The largest absolute Gasteiger partial charge is 0.472 e. The summed E-state index contributed by atoms with van der Waals surface area (Å²) in [5.74, 6) is -0.0872. The number of carbonyl (C=O) groups is 3. The molecule has 0 unspecified atom stereocenters. The van der Waals surface area contributed by atoms with Crippen LogP contribution in [0.4, 0.5) is 11.4 Å². The highest BCUT2D eigenvalue weighted by molar-refractivity contribution is 6.02. The van der Waals surface area contributed by atoms with Gasteiger partial charge in [-0.2, -0.15) is 0 Å². The van der Waals surface area contributed by atoms with Gasteiger partial charge in [-0.15, -0.1) is 0 Å². The normalized spacial score (nSPS) is 17.6. The number of nitrogens with one attached hydrogen (secondary N) is 1. The van der Waals surface area contributed by atoms with Gasteiger partial charge in [-0.05, 0) is 24.6 Å². The van der Waals surface area contributed by atoms with Crippen LogP contribution in [0, 0.1) is 0 Å². The Hall–Kier alpha value is -3.13. The lowest BCUT2D eigenvalue weighted by atomic mass is 10.2. The third-order valence-electron chi connectivity index (χ3n) is 5.34. The van der Waals surface area contributed by atoms with Crippen molar-refractivity contribution in [1.29, 1.82) is 0 Å². The molecule has 8 heteroatoms. The number of para-hydroxylation sites is 2. The molecule has 0 bridgehead atoms. The Kier molecular flexibility index (Phi) is 5.62. The molecule has 2 aliphatic heterocycles. The number of carbonyl (C=O) groups excluding carboxylic acids is 3. The number of furan rings is 1. The first-order chi connectivity index (χ1) is 14.1. The minimum Gasteiger partial charge on any atom is -0.472 e. The molecule has 2 aliphatic rings. The number of piperazine rings is 1. The van der Waals surface area contributed by atoms with Crippen molar-refractivity contribution in [2.45, 2.75) is 12.8 Å².